The molecule has 1 saturated carbocycles. The molecule has 2 aromatic carbocycles. The fourth-order valence-corrected chi connectivity index (χ4v) is 9.62. The normalized spacial score (nSPS) is 23.1. The Kier molecular flexibility index (Phi) is 10.3. The Hall–Kier alpha value is -5.82. The molecule has 1 aromatic heterocycles. The molecule has 4 aliphatic rings. The van der Waals surface area contributed by atoms with Gasteiger partial charge in [0.25, 0.3) is 23.6 Å². The van der Waals surface area contributed by atoms with Crippen molar-refractivity contribution < 1.29 is 41.9 Å². The van der Waals surface area contributed by atoms with Crippen LogP contribution in [0, 0.1) is 22.2 Å². The Morgan fingerprint density at radius 1 is 0.931 bits per heavy atom. The number of anilines is 1. The van der Waals surface area contributed by atoms with Gasteiger partial charge in [0.1, 0.15) is 23.6 Å². The maximum atomic E-state index is 14.3. The summed E-state index contributed by atoms with van der Waals surface area (Å²) in [5.41, 5.74) is 4.09. The summed E-state index contributed by atoms with van der Waals surface area (Å²) in [5.74, 6) is -3.06. The maximum absolute atomic E-state index is 14.3. The Morgan fingerprint density at radius 2 is 1.62 bits per heavy atom. The zero-order valence-corrected chi connectivity index (χ0v) is 32.6. The summed E-state index contributed by atoms with van der Waals surface area (Å²) in [6.45, 7) is 10.8. The van der Waals surface area contributed by atoms with Crippen LogP contribution >= 0.6 is 0 Å². The molecular formula is C42H44F3N7O6. The van der Waals surface area contributed by atoms with Crippen LogP contribution in [0.25, 0.3) is 0 Å². The number of fused-ring (bicyclic) bond motifs is 1. The number of amides is 5. The molecule has 0 bridgehead atoms. The van der Waals surface area contributed by atoms with Crippen LogP contribution in [0.1, 0.15) is 94.9 Å². The third kappa shape index (κ3) is 7.05. The van der Waals surface area contributed by atoms with Crippen LogP contribution in [-0.4, -0.2) is 100 Å². The van der Waals surface area contributed by atoms with Gasteiger partial charge in [-0.1, -0.05) is 33.8 Å². The summed E-state index contributed by atoms with van der Waals surface area (Å²) >= 11 is 0. The van der Waals surface area contributed by atoms with Gasteiger partial charge >= 0.3 is 6.18 Å². The fourth-order valence-electron chi connectivity index (χ4n) is 9.62. The number of carbonyl (C=O) groups is 5. The summed E-state index contributed by atoms with van der Waals surface area (Å²) in [6, 6.07) is 11.2. The quantitative estimate of drug-likeness (QED) is 0.281. The van der Waals surface area contributed by atoms with Crippen molar-refractivity contribution in [3.63, 3.8) is 0 Å². The Morgan fingerprint density at radius 3 is 2.24 bits per heavy atom. The van der Waals surface area contributed by atoms with E-state index < -0.39 is 75.9 Å². The summed E-state index contributed by atoms with van der Waals surface area (Å²) in [6.07, 6.45) is -2.31. The number of aromatic nitrogens is 1. The summed E-state index contributed by atoms with van der Waals surface area (Å²) in [5, 5.41) is 9.21. The third-order valence-electron chi connectivity index (χ3n) is 12.1. The number of piperidine rings is 1. The first-order valence-corrected chi connectivity index (χ1v) is 19.2. The third-order valence-corrected chi connectivity index (χ3v) is 12.1. The number of nitriles is 1. The molecule has 7 rings (SSSR count). The van der Waals surface area contributed by atoms with Crippen LogP contribution in [0.5, 0.6) is 5.75 Å². The number of alkyl halides is 3. The number of hydrogen-bond donors (Lipinski definition) is 1. The van der Waals surface area contributed by atoms with Crippen molar-refractivity contribution in [2.75, 3.05) is 37.6 Å². The molecule has 0 spiro atoms. The van der Waals surface area contributed by atoms with Crippen LogP contribution in [0.15, 0.2) is 54.7 Å². The minimum absolute atomic E-state index is 0.0391. The zero-order chi connectivity index (χ0) is 41.9. The average Bonchev–Trinajstić information content (AvgIpc) is 3.43. The molecule has 5 amide bonds. The summed E-state index contributed by atoms with van der Waals surface area (Å²) in [7, 11) is 0. The number of pyridine rings is 1. The Labute approximate surface area is 333 Å². The smallest absolute Gasteiger partial charge is 0.417 e. The largest absolute Gasteiger partial charge is 0.489 e. The second-order valence-electron chi connectivity index (χ2n) is 16.6. The first kappa shape index (κ1) is 40.4. The second kappa shape index (κ2) is 14.8. The van der Waals surface area contributed by atoms with Crippen molar-refractivity contribution in [2.45, 2.75) is 77.7 Å². The standard InChI is InChI=1S/C42H44F3N7O6/c1-40(2)38(41(3,4)39(40)58-27-10-8-25(22-46)30(21-27)42(43,44)45)52-33(53)14-13-32(37(52)57)51-35(55)28-11-9-26(20-29(28)36(51)56)50-18-16-49(17-19-50)15-5-6-24-7-12-31(34(47)54)48-23-24/h7-12,20-21,23,32,38-39H,5-6,13-19H2,1-4H3,(H2,47,54). The lowest BCUT2D eigenvalue weighted by molar-refractivity contribution is -0.216. The van der Waals surface area contributed by atoms with Crippen molar-refractivity contribution >= 4 is 35.2 Å². The van der Waals surface area contributed by atoms with Crippen molar-refractivity contribution in [1.29, 1.82) is 5.26 Å². The van der Waals surface area contributed by atoms with Gasteiger partial charge in [0, 0.05) is 55.3 Å². The van der Waals surface area contributed by atoms with Gasteiger partial charge in [0.15, 0.2) is 0 Å². The van der Waals surface area contributed by atoms with Crippen LogP contribution in [-0.2, 0) is 22.2 Å². The number of imide groups is 2. The van der Waals surface area contributed by atoms with E-state index in [4.69, 9.17) is 10.5 Å². The van der Waals surface area contributed by atoms with Gasteiger partial charge in [-0.3, -0.25) is 43.7 Å². The van der Waals surface area contributed by atoms with Crippen LogP contribution in [0.3, 0.4) is 0 Å². The first-order chi connectivity index (χ1) is 27.3. The van der Waals surface area contributed by atoms with Crippen molar-refractivity contribution in [1.82, 2.24) is 19.7 Å². The number of halogens is 3. The number of carbonyl (C=O) groups excluding carboxylic acids is 5. The molecule has 16 heteroatoms. The number of nitrogens with two attached hydrogens (primary N) is 1. The number of likely N-dealkylation sites (tertiary alicyclic amines) is 1. The van der Waals surface area contributed by atoms with Gasteiger partial charge in [-0.25, -0.2) is 0 Å². The molecule has 1 atom stereocenters. The van der Waals surface area contributed by atoms with Crippen LogP contribution in [0.4, 0.5) is 18.9 Å². The maximum Gasteiger partial charge on any atom is 0.417 e. The van der Waals surface area contributed by atoms with Gasteiger partial charge in [-0.15, -0.1) is 0 Å². The van der Waals surface area contributed by atoms with E-state index in [9.17, 15) is 42.4 Å². The number of aryl methyl sites for hydroxylation is 1. The van der Waals surface area contributed by atoms with Gasteiger partial charge in [0.2, 0.25) is 5.91 Å². The van der Waals surface area contributed by atoms with Crippen LogP contribution in [0.2, 0.25) is 0 Å². The molecule has 0 radical (unpaired) electrons. The first-order valence-electron chi connectivity index (χ1n) is 19.2. The monoisotopic (exact) mass is 799 g/mol. The van der Waals surface area contributed by atoms with Gasteiger partial charge in [0.05, 0.1) is 34.4 Å². The van der Waals surface area contributed by atoms with Crippen molar-refractivity contribution in [2.24, 2.45) is 16.6 Å². The number of primary amides is 1. The second-order valence-corrected chi connectivity index (χ2v) is 16.6. The van der Waals surface area contributed by atoms with Crippen LogP contribution < -0.4 is 15.4 Å². The molecule has 3 aliphatic heterocycles. The number of rotatable bonds is 10. The average molecular weight is 800 g/mol. The molecule has 1 aliphatic carbocycles. The number of benzene rings is 2. The van der Waals surface area contributed by atoms with E-state index in [0.29, 0.717) is 13.1 Å². The molecule has 13 nitrogen and oxygen atoms in total. The lowest BCUT2D eigenvalue weighted by atomic mass is 9.48. The SMILES string of the molecule is CC1(C)C(Oc2ccc(C#N)c(C(F)(F)F)c2)C(C)(C)C1N1C(=O)CCC(N2C(=O)c3ccc(N4CCN(CCCc5ccc(C(N)=O)nc5)CC4)cc3C2=O)C1=O. The molecule has 1 unspecified atom stereocenters. The predicted octanol–water partition coefficient (Wildman–Crippen LogP) is 4.82. The van der Waals surface area contributed by atoms with E-state index in [-0.39, 0.29) is 35.4 Å². The van der Waals surface area contributed by atoms with E-state index in [1.165, 1.54) is 6.07 Å². The topological polar surface area (TPSA) is 170 Å². The van der Waals surface area contributed by atoms with E-state index in [1.807, 2.05) is 6.07 Å². The van der Waals surface area contributed by atoms with Crippen molar-refractivity contribution in [3.8, 4) is 11.8 Å². The van der Waals surface area contributed by atoms with E-state index in [1.54, 1.807) is 64.2 Å². The number of piperazine rings is 1. The van der Waals surface area contributed by atoms with Gasteiger partial charge in [-0.2, -0.15) is 18.4 Å². The van der Waals surface area contributed by atoms with E-state index in [0.717, 1.165) is 65.7 Å². The lowest BCUT2D eigenvalue weighted by Crippen LogP contribution is -2.77. The highest BCUT2D eigenvalue weighted by atomic mass is 19.4. The van der Waals surface area contributed by atoms with Gasteiger partial charge < -0.3 is 15.4 Å². The molecule has 58 heavy (non-hydrogen) atoms. The molecule has 3 fully saturated rings. The zero-order valence-electron chi connectivity index (χ0n) is 32.6. The molecule has 3 aromatic rings. The van der Waals surface area contributed by atoms with Crippen molar-refractivity contribution in [3.05, 3.63) is 88.2 Å². The molecule has 2 saturated heterocycles. The predicted molar refractivity (Wildman–Crippen MR) is 203 cm³/mol. The highest BCUT2D eigenvalue weighted by molar-refractivity contribution is 6.23. The highest BCUT2D eigenvalue weighted by Crippen LogP contribution is 2.59. The lowest BCUT2D eigenvalue weighted by Gasteiger charge is -2.65. The summed E-state index contributed by atoms with van der Waals surface area (Å²) < 4.78 is 47.3. The molecular weight excluding hydrogens is 755 g/mol. The highest BCUT2D eigenvalue weighted by Gasteiger charge is 2.68. The summed E-state index contributed by atoms with van der Waals surface area (Å²) in [4.78, 5) is 77.6. The van der Waals surface area contributed by atoms with Gasteiger partial charge in [-0.05, 0) is 73.8 Å². The number of hydrogen-bond acceptors (Lipinski definition) is 10. The minimum Gasteiger partial charge on any atom is -0.489 e. The molecule has 304 valence electrons. The minimum atomic E-state index is -4.79. The number of ether oxygens (including phenoxy) is 1. The molecule has 4 heterocycles. The van der Waals surface area contributed by atoms with E-state index in [2.05, 4.69) is 14.8 Å². The molecule has 2 N–H and O–H groups in total. The number of nitrogens with zero attached hydrogens (tertiary/aromatic N) is 6. The van der Waals surface area contributed by atoms with E-state index >= 15 is 0 Å². The Balaban J connectivity index is 1.00. The fraction of sp³-hybridized carbons (Fsp3) is 0.452. The Bertz CT molecular complexity index is 2210.